The summed E-state index contributed by atoms with van der Waals surface area (Å²) in [5, 5.41) is 2.50. The molecule has 1 aliphatic rings. The van der Waals surface area contributed by atoms with Crippen molar-refractivity contribution < 1.29 is 18.7 Å². The Balaban J connectivity index is 2.74. The van der Waals surface area contributed by atoms with Crippen LogP contribution in [0.25, 0.3) is 0 Å². The van der Waals surface area contributed by atoms with Crippen LogP contribution >= 0.6 is 0 Å². The minimum Gasteiger partial charge on any atom is -0.453 e. The lowest BCUT2D eigenvalue weighted by atomic mass is 10.0. The minimum absolute atomic E-state index is 0.0811. The normalized spacial score (nSPS) is 25.1. The molecule has 1 heterocycles. The number of nitrogens with one attached hydrogen (secondary N) is 1. The van der Waals surface area contributed by atoms with Crippen LogP contribution in [-0.2, 0) is 9.53 Å². The number of alkyl halides is 1. The molecule has 0 spiro atoms. The van der Waals surface area contributed by atoms with Crippen LogP contribution in [0.2, 0.25) is 0 Å². The number of carbonyl (C=O) groups is 2. The maximum absolute atomic E-state index is 13.3. The fourth-order valence-corrected chi connectivity index (χ4v) is 2.15. The first-order chi connectivity index (χ1) is 8.36. The maximum Gasteiger partial charge on any atom is 0.407 e. The fraction of sp³-hybridized carbons (Fsp3) is 0.833. The van der Waals surface area contributed by atoms with E-state index in [-0.39, 0.29) is 24.4 Å². The van der Waals surface area contributed by atoms with E-state index < -0.39 is 18.3 Å². The van der Waals surface area contributed by atoms with Crippen molar-refractivity contribution in [2.45, 2.75) is 45.4 Å². The number of likely N-dealkylation sites (tertiary alicyclic amines) is 1. The highest BCUT2D eigenvalue weighted by Gasteiger charge is 2.37. The lowest BCUT2D eigenvalue weighted by Crippen LogP contribution is -2.52. The van der Waals surface area contributed by atoms with Gasteiger partial charge in [0.25, 0.3) is 0 Å². The average Bonchev–Trinajstić information content (AvgIpc) is 2.63. The third-order valence-electron chi connectivity index (χ3n) is 3.20. The Kier molecular flexibility index (Phi) is 4.93. The average molecular weight is 260 g/mol. The third kappa shape index (κ3) is 3.34. The highest BCUT2D eigenvalue weighted by atomic mass is 19.1. The summed E-state index contributed by atoms with van der Waals surface area (Å²) in [7, 11) is 1.24. The molecule has 0 aromatic rings. The molecule has 5 nitrogen and oxygen atoms in total. The Morgan fingerprint density at radius 1 is 1.44 bits per heavy atom. The van der Waals surface area contributed by atoms with E-state index in [2.05, 4.69) is 10.1 Å². The number of alkyl carbamates (subject to hydrolysis) is 1. The second kappa shape index (κ2) is 6.02. The second-order valence-electron chi connectivity index (χ2n) is 5.03. The highest BCUT2D eigenvalue weighted by molar-refractivity contribution is 5.86. The summed E-state index contributed by atoms with van der Waals surface area (Å²) in [6.07, 6.45) is -1.27. The molecule has 1 fully saturated rings. The second-order valence-corrected chi connectivity index (χ2v) is 5.03. The van der Waals surface area contributed by atoms with Gasteiger partial charge in [0.2, 0.25) is 5.91 Å². The van der Waals surface area contributed by atoms with E-state index in [4.69, 9.17) is 0 Å². The summed E-state index contributed by atoms with van der Waals surface area (Å²) in [6, 6.07) is -0.807. The minimum atomic E-state index is -0.977. The number of ether oxygens (including phenoxy) is 1. The van der Waals surface area contributed by atoms with E-state index in [1.165, 1.54) is 12.0 Å². The van der Waals surface area contributed by atoms with Gasteiger partial charge in [-0.05, 0) is 12.8 Å². The molecule has 1 saturated heterocycles. The number of hydrogen-bond acceptors (Lipinski definition) is 3. The number of carbonyl (C=O) groups excluding carboxylic acids is 2. The Hall–Kier alpha value is -1.33. The van der Waals surface area contributed by atoms with Gasteiger partial charge < -0.3 is 15.0 Å². The van der Waals surface area contributed by atoms with E-state index in [0.29, 0.717) is 6.42 Å². The Labute approximate surface area is 107 Å². The summed E-state index contributed by atoms with van der Waals surface area (Å²) >= 11 is 0. The van der Waals surface area contributed by atoms with E-state index >= 15 is 0 Å². The zero-order chi connectivity index (χ0) is 13.9. The van der Waals surface area contributed by atoms with Gasteiger partial charge in [0.15, 0.2) is 0 Å². The molecule has 0 aromatic heterocycles. The van der Waals surface area contributed by atoms with Crippen molar-refractivity contribution >= 4 is 12.0 Å². The molecule has 6 heteroatoms. The molecule has 1 unspecified atom stereocenters. The van der Waals surface area contributed by atoms with Gasteiger partial charge in [0, 0.05) is 12.5 Å². The van der Waals surface area contributed by atoms with E-state index in [0.717, 1.165) is 0 Å². The number of rotatable bonds is 3. The maximum atomic E-state index is 13.3. The SMILES string of the molecule is COC(=O)N[C@H](C(=O)N1CC(F)C[C@H]1C)C(C)C. The van der Waals surface area contributed by atoms with Crippen molar-refractivity contribution in [3.05, 3.63) is 0 Å². The van der Waals surface area contributed by atoms with Crippen LogP contribution in [0.15, 0.2) is 0 Å². The molecule has 3 atom stereocenters. The van der Waals surface area contributed by atoms with E-state index in [9.17, 15) is 14.0 Å². The van der Waals surface area contributed by atoms with Crippen LogP contribution in [-0.4, -0.2) is 48.8 Å². The molecule has 1 N–H and O–H groups in total. The van der Waals surface area contributed by atoms with Crippen LogP contribution in [0.5, 0.6) is 0 Å². The van der Waals surface area contributed by atoms with Gasteiger partial charge in [-0.3, -0.25) is 4.79 Å². The molecule has 0 saturated carbocycles. The van der Waals surface area contributed by atoms with Gasteiger partial charge in [-0.1, -0.05) is 13.8 Å². The molecule has 1 aliphatic heterocycles. The van der Waals surface area contributed by atoms with Crippen molar-refractivity contribution in [2.75, 3.05) is 13.7 Å². The summed E-state index contributed by atoms with van der Waals surface area (Å²) in [5.41, 5.74) is 0. The molecule has 1 rings (SSSR count). The Morgan fingerprint density at radius 3 is 2.44 bits per heavy atom. The highest BCUT2D eigenvalue weighted by Crippen LogP contribution is 2.22. The number of nitrogens with zero attached hydrogens (tertiary/aromatic N) is 1. The van der Waals surface area contributed by atoms with Crippen molar-refractivity contribution in [3.8, 4) is 0 Å². The fourth-order valence-electron chi connectivity index (χ4n) is 2.15. The van der Waals surface area contributed by atoms with Crippen LogP contribution < -0.4 is 5.32 Å². The Bertz CT molecular complexity index is 322. The first-order valence-corrected chi connectivity index (χ1v) is 6.15. The number of hydrogen-bond donors (Lipinski definition) is 1. The van der Waals surface area contributed by atoms with Crippen LogP contribution in [0.3, 0.4) is 0 Å². The molecule has 0 bridgehead atoms. The number of methoxy groups -OCH3 is 1. The molecule has 0 aliphatic carbocycles. The van der Waals surface area contributed by atoms with Crippen molar-refractivity contribution in [3.63, 3.8) is 0 Å². The first-order valence-electron chi connectivity index (χ1n) is 6.15. The monoisotopic (exact) mass is 260 g/mol. The summed E-state index contributed by atoms with van der Waals surface area (Å²) in [6.45, 7) is 5.57. The zero-order valence-corrected chi connectivity index (χ0v) is 11.3. The molecule has 104 valence electrons. The summed E-state index contributed by atoms with van der Waals surface area (Å²) in [4.78, 5) is 25.0. The molecular formula is C12H21FN2O3. The van der Waals surface area contributed by atoms with Gasteiger partial charge in [-0.25, -0.2) is 9.18 Å². The molecule has 0 aromatic carbocycles. The van der Waals surface area contributed by atoms with Gasteiger partial charge in [-0.15, -0.1) is 0 Å². The topological polar surface area (TPSA) is 58.6 Å². The Morgan fingerprint density at radius 2 is 2.06 bits per heavy atom. The smallest absolute Gasteiger partial charge is 0.407 e. The molecular weight excluding hydrogens is 239 g/mol. The van der Waals surface area contributed by atoms with Crippen molar-refractivity contribution in [2.24, 2.45) is 5.92 Å². The molecule has 2 amide bonds. The van der Waals surface area contributed by atoms with Gasteiger partial charge in [0.05, 0.1) is 13.7 Å². The lowest BCUT2D eigenvalue weighted by Gasteiger charge is -2.28. The predicted octanol–water partition coefficient (Wildman–Crippen LogP) is 1.33. The van der Waals surface area contributed by atoms with Crippen LogP contribution in [0.1, 0.15) is 27.2 Å². The van der Waals surface area contributed by atoms with Crippen molar-refractivity contribution in [1.29, 1.82) is 0 Å². The van der Waals surface area contributed by atoms with Crippen LogP contribution in [0, 0.1) is 5.92 Å². The van der Waals surface area contributed by atoms with Gasteiger partial charge >= 0.3 is 6.09 Å². The van der Waals surface area contributed by atoms with E-state index in [1.807, 2.05) is 20.8 Å². The zero-order valence-electron chi connectivity index (χ0n) is 11.3. The predicted molar refractivity (Wildman–Crippen MR) is 64.9 cm³/mol. The van der Waals surface area contributed by atoms with E-state index in [1.54, 1.807) is 0 Å². The first kappa shape index (κ1) is 14.7. The van der Waals surface area contributed by atoms with Gasteiger partial charge in [0.1, 0.15) is 12.2 Å². The number of halogens is 1. The summed E-state index contributed by atoms with van der Waals surface area (Å²) in [5.74, 6) is -0.328. The largest absolute Gasteiger partial charge is 0.453 e. The standard InChI is InChI=1S/C12H21FN2O3/c1-7(2)10(14-12(17)18-4)11(16)15-6-9(13)5-8(15)3/h7-10H,5-6H2,1-4H3,(H,14,17)/t8-,9?,10+/m1/s1. The summed E-state index contributed by atoms with van der Waals surface area (Å²) < 4.78 is 17.8. The van der Waals surface area contributed by atoms with Crippen molar-refractivity contribution in [1.82, 2.24) is 10.2 Å². The number of amides is 2. The van der Waals surface area contributed by atoms with Gasteiger partial charge in [-0.2, -0.15) is 0 Å². The quantitative estimate of drug-likeness (QED) is 0.832. The van der Waals surface area contributed by atoms with Crippen LogP contribution in [0.4, 0.5) is 9.18 Å². The lowest BCUT2D eigenvalue weighted by molar-refractivity contribution is -0.135. The molecule has 0 radical (unpaired) electrons. The third-order valence-corrected chi connectivity index (χ3v) is 3.20. The molecule has 18 heavy (non-hydrogen) atoms.